The Morgan fingerprint density at radius 1 is 1.50 bits per heavy atom. The quantitative estimate of drug-likeness (QED) is 0.222. The molecule has 0 amide bonds. The molecule has 4 unspecified atom stereocenters. The number of allylic oxidation sites excluding steroid dienone is 1. The molecule has 3 aliphatic heterocycles. The van der Waals surface area contributed by atoms with E-state index in [9.17, 15) is 25.0 Å². The summed E-state index contributed by atoms with van der Waals surface area (Å²) in [6.45, 7) is 4.67. The molecule has 2 saturated heterocycles. The van der Waals surface area contributed by atoms with Gasteiger partial charge in [-0.3, -0.25) is 0 Å². The fraction of sp³-hybridized carbons (Fsp3) is 0.556. The number of hydrogen-bond acceptors (Lipinski definition) is 7. The highest BCUT2D eigenvalue weighted by Crippen LogP contribution is 2.39. The number of cyclic esters (lactones) is 1. The second-order valence-electron chi connectivity index (χ2n) is 7.00. The fourth-order valence-electron chi connectivity index (χ4n) is 3.82. The van der Waals surface area contributed by atoms with Gasteiger partial charge in [-0.05, 0) is 18.6 Å². The van der Waals surface area contributed by atoms with Crippen molar-refractivity contribution >= 4 is 11.9 Å². The smallest absolute Gasteiger partial charge is 0.345 e. The van der Waals surface area contributed by atoms with Gasteiger partial charge in [-0.1, -0.05) is 12.7 Å². The van der Waals surface area contributed by atoms with E-state index in [4.69, 9.17) is 9.47 Å². The SMILES string of the molecule is C=C1C/C(=C/C)C(=O)OC2CC[N+]3([O-])CC=C(COC(=O)C1(O)CO)C23. The van der Waals surface area contributed by atoms with Crippen molar-refractivity contribution in [2.24, 2.45) is 0 Å². The summed E-state index contributed by atoms with van der Waals surface area (Å²) in [5.74, 6) is -1.67. The Balaban J connectivity index is 1.97. The number of hydrogen-bond donors (Lipinski definition) is 2. The van der Waals surface area contributed by atoms with E-state index in [2.05, 4.69) is 6.58 Å². The maximum atomic E-state index is 12.9. The van der Waals surface area contributed by atoms with Gasteiger partial charge in [0.05, 0.1) is 19.7 Å². The van der Waals surface area contributed by atoms with Crippen molar-refractivity contribution in [1.29, 1.82) is 0 Å². The summed E-state index contributed by atoms with van der Waals surface area (Å²) >= 11 is 0. The Hall–Kier alpha value is -2.00. The third kappa shape index (κ3) is 2.88. The normalized spacial score (nSPS) is 39.6. The first-order chi connectivity index (χ1) is 12.2. The van der Waals surface area contributed by atoms with Gasteiger partial charge in [0.25, 0.3) is 0 Å². The van der Waals surface area contributed by atoms with Crippen molar-refractivity contribution in [3.05, 3.63) is 40.7 Å². The number of hydroxylamine groups is 3. The van der Waals surface area contributed by atoms with Crippen molar-refractivity contribution in [3.8, 4) is 0 Å². The molecule has 8 nitrogen and oxygen atoms in total. The summed E-state index contributed by atoms with van der Waals surface area (Å²) in [6, 6.07) is -0.616. The molecule has 0 aromatic carbocycles. The Bertz CT molecular complexity index is 712. The van der Waals surface area contributed by atoms with Crippen LogP contribution in [-0.2, 0) is 19.1 Å². The molecule has 2 N–H and O–H groups in total. The van der Waals surface area contributed by atoms with E-state index >= 15 is 0 Å². The molecule has 3 aliphatic rings. The monoisotopic (exact) mass is 365 g/mol. The highest BCUT2D eigenvalue weighted by Gasteiger charge is 2.51. The molecule has 26 heavy (non-hydrogen) atoms. The topological polar surface area (TPSA) is 116 Å². The molecular weight excluding hydrogens is 342 g/mol. The lowest BCUT2D eigenvalue weighted by Gasteiger charge is -2.40. The van der Waals surface area contributed by atoms with E-state index < -0.39 is 40.9 Å². The number of esters is 2. The van der Waals surface area contributed by atoms with Gasteiger partial charge in [-0.25, -0.2) is 9.59 Å². The third-order valence-electron chi connectivity index (χ3n) is 5.49. The molecule has 0 aromatic heterocycles. The first-order valence-corrected chi connectivity index (χ1v) is 8.56. The summed E-state index contributed by atoms with van der Waals surface area (Å²) in [4.78, 5) is 24.9. The Morgan fingerprint density at radius 3 is 2.88 bits per heavy atom. The number of ether oxygens (including phenoxy) is 2. The van der Waals surface area contributed by atoms with Crippen molar-refractivity contribution in [2.75, 3.05) is 26.3 Å². The van der Waals surface area contributed by atoms with Crippen LogP contribution in [0.2, 0.25) is 0 Å². The molecule has 0 radical (unpaired) electrons. The molecule has 0 aromatic rings. The van der Waals surface area contributed by atoms with Crippen molar-refractivity contribution < 1.29 is 33.9 Å². The lowest BCUT2D eigenvalue weighted by atomic mass is 9.90. The molecule has 2 fully saturated rings. The Kier molecular flexibility index (Phi) is 4.78. The number of carbonyl (C=O) groups excluding carboxylic acids is 2. The summed E-state index contributed by atoms with van der Waals surface area (Å²) in [5, 5.41) is 33.0. The number of nitrogens with zero attached hydrogens (tertiary/aromatic N) is 1. The van der Waals surface area contributed by atoms with Crippen molar-refractivity contribution in [3.63, 3.8) is 0 Å². The fourth-order valence-corrected chi connectivity index (χ4v) is 3.82. The number of rotatable bonds is 1. The van der Waals surface area contributed by atoms with E-state index in [1.807, 2.05) is 0 Å². The molecule has 0 spiro atoms. The molecule has 142 valence electrons. The minimum atomic E-state index is -2.33. The van der Waals surface area contributed by atoms with Crippen LogP contribution < -0.4 is 0 Å². The average Bonchev–Trinajstić information content (AvgIpc) is 3.11. The van der Waals surface area contributed by atoms with Crippen LogP contribution in [0.4, 0.5) is 0 Å². The minimum absolute atomic E-state index is 0.0621. The van der Waals surface area contributed by atoms with Crippen LogP contribution in [0.15, 0.2) is 35.5 Å². The van der Waals surface area contributed by atoms with Crippen LogP contribution in [0.3, 0.4) is 0 Å². The van der Waals surface area contributed by atoms with Crippen LogP contribution in [0, 0.1) is 5.21 Å². The Labute approximate surface area is 151 Å². The second kappa shape index (κ2) is 6.62. The van der Waals surface area contributed by atoms with Crippen LogP contribution in [-0.4, -0.2) is 70.8 Å². The average molecular weight is 365 g/mol. The minimum Gasteiger partial charge on any atom is -0.632 e. The zero-order valence-corrected chi connectivity index (χ0v) is 14.6. The van der Waals surface area contributed by atoms with Crippen LogP contribution in [0.25, 0.3) is 0 Å². The van der Waals surface area contributed by atoms with E-state index in [0.29, 0.717) is 18.5 Å². The number of aliphatic hydroxyl groups excluding tert-OH is 1. The molecule has 3 heterocycles. The zero-order valence-electron chi connectivity index (χ0n) is 14.6. The van der Waals surface area contributed by atoms with Gasteiger partial charge in [0.1, 0.15) is 6.61 Å². The highest BCUT2D eigenvalue weighted by atomic mass is 16.6. The predicted molar refractivity (Wildman–Crippen MR) is 90.2 cm³/mol. The van der Waals surface area contributed by atoms with Crippen LogP contribution in [0.1, 0.15) is 19.8 Å². The summed E-state index contributed by atoms with van der Waals surface area (Å²) in [6.07, 6.45) is 2.89. The molecule has 0 saturated carbocycles. The highest BCUT2D eigenvalue weighted by molar-refractivity contribution is 5.90. The summed E-state index contributed by atoms with van der Waals surface area (Å²) < 4.78 is 10.2. The van der Waals surface area contributed by atoms with E-state index in [1.165, 1.54) is 6.08 Å². The summed E-state index contributed by atoms with van der Waals surface area (Å²) in [5.41, 5.74) is -1.63. The van der Waals surface area contributed by atoms with Gasteiger partial charge in [-0.15, -0.1) is 0 Å². The van der Waals surface area contributed by atoms with Gasteiger partial charge < -0.3 is 29.5 Å². The molecule has 4 atom stereocenters. The van der Waals surface area contributed by atoms with Crippen LogP contribution in [0.5, 0.6) is 0 Å². The Morgan fingerprint density at radius 2 is 2.23 bits per heavy atom. The standard InChI is InChI=1S/C18H23NO7/c1-3-12-8-11(2)18(23,10-20)17(22)25-9-13-4-6-19(24)7-5-14(15(13)19)26-16(12)21/h3-4,14-15,20,23H,2,5-10H2,1H3/b12-3-. The number of quaternary nitrogens is 1. The van der Waals surface area contributed by atoms with Crippen molar-refractivity contribution in [1.82, 2.24) is 0 Å². The maximum absolute atomic E-state index is 12.9. The molecular formula is C18H23NO7. The van der Waals surface area contributed by atoms with Gasteiger partial charge in [0, 0.05) is 24.0 Å². The van der Waals surface area contributed by atoms with Crippen molar-refractivity contribution in [2.45, 2.75) is 37.5 Å². The molecule has 0 aliphatic carbocycles. The predicted octanol–water partition coefficient (Wildman–Crippen LogP) is 0.0979. The molecule has 8 heteroatoms. The molecule has 0 bridgehead atoms. The van der Waals surface area contributed by atoms with Gasteiger partial charge >= 0.3 is 11.9 Å². The zero-order chi connectivity index (χ0) is 19.1. The van der Waals surface area contributed by atoms with Gasteiger partial charge in [0.15, 0.2) is 12.1 Å². The second-order valence-corrected chi connectivity index (χ2v) is 7.00. The van der Waals surface area contributed by atoms with Crippen LogP contribution >= 0.6 is 0 Å². The van der Waals surface area contributed by atoms with E-state index in [0.717, 1.165) is 0 Å². The third-order valence-corrected chi connectivity index (χ3v) is 5.49. The maximum Gasteiger partial charge on any atom is 0.345 e. The van der Waals surface area contributed by atoms with Gasteiger partial charge in [0.2, 0.25) is 5.60 Å². The number of carbonyl (C=O) groups is 2. The first kappa shape index (κ1) is 18.8. The van der Waals surface area contributed by atoms with E-state index in [-0.39, 0.29) is 30.7 Å². The lowest BCUT2D eigenvalue weighted by molar-refractivity contribution is -0.877. The van der Waals surface area contributed by atoms with Gasteiger partial charge in [-0.2, -0.15) is 0 Å². The lowest BCUT2D eigenvalue weighted by Crippen LogP contribution is -2.49. The first-order valence-electron chi connectivity index (χ1n) is 8.56. The molecule has 3 rings (SSSR count). The summed E-state index contributed by atoms with van der Waals surface area (Å²) in [7, 11) is 0. The van der Waals surface area contributed by atoms with E-state index in [1.54, 1.807) is 13.0 Å². The largest absolute Gasteiger partial charge is 0.632 e. The number of aliphatic hydroxyl groups is 2.